The van der Waals surface area contributed by atoms with Crippen molar-refractivity contribution in [1.29, 1.82) is 0 Å². The van der Waals surface area contributed by atoms with E-state index in [-0.39, 0.29) is 21.9 Å². The van der Waals surface area contributed by atoms with E-state index < -0.39 is 0 Å². The van der Waals surface area contributed by atoms with Crippen LogP contribution in [0.4, 0.5) is 0 Å². The van der Waals surface area contributed by atoms with Crippen LogP contribution in [-0.2, 0) is 0 Å². The molecule has 0 bridgehead atoms. The van der Waals surface area contributed by atoms with Crippen LogP contribution in [0, 0.1) is 0 Å². The molecule has 9 heteroatoms. The third kappa shape index (κ3) is 6.81. The van der Waals surface area contributed by atoms with Crippen molar-refractivity contribution in [3.63, 3.8) is 0 Å². The Morgan fingerprint density at radius 3 is 1.22 bits per heavy atom. The summed E-state index contributed by atoms with van der Waals surface area (Å²) in [6.07, 6.45) is 0. The second-order valence-electron chi connectivity index (χ2n) is 17.6. The molecule has 2 heterocycles. The molecule has 0 amide bonds. The van der Waals surface area contributed by atoms with E-state index in [0.29, 0.717) is 43.8 Å². The molecule has 0 atom stereocenters. The van der Waals surface area contributed by atoms with Gasteiger partial charge in [0.1, 0.15) is 54.9 Å². The lowest BCUT2D eigenvalue weighted by Crippen LogP contribution is -2.48. The van der Waals surface area contributed by atoms with Crippen molar-refractivity contribution in [3.8, 4) is 67.0 Å². The summed E-state index contributed by atoms with van der Waals surface area (Å²) >= 11 is 0. The SMILES string of the molecule is [B]c1c([B])c([B])c2c(c1[B])c1c([B])c(-c3ccc4c(c3)c3c(-c5ccccc5)cccc3n4-c3ccc(-c4ccc(-c5ccccc5)cc4)cc3)c([B])c([B])c1n2-c1ccc(-c2ccccc2)cc1. The molecular weight excluding hydrogens is 824 g/mol. The zero-order valence-electron chi connectivity index (χ0n) is 37.5. The van der Waals surface area contributed by atoms with Crippen molar-refractivity contribution in [2.75, 3.05) is 0 Å². The predicted molar refractivity (Wildman–Crippen MR) is 300 cm³/mol. The van der Waals surface area contributed by atoms with Crippen LogP contribution in [-0.4, -0.2) is 64.1 Å². The Labute approximate surface area is 410 Å². The second kappa shape index (κ2) is 16.8. The first-order valence-corrected chi connectivity index (χ1v) is 22.8. The van der Waals surface area contributed by atoms with Crippen LogP contribution in [0.25, 0.3) is 111 Å². The fourth-order valence-corrected chi connectivity index (χ4v) is 10.3. The molecule has 10 aromatic carbocycles. The van der Waals surface area contributed by atoms with Crippen LogP contribution in [0.15, 0.2) is 200 Å². The number of hydrogen-bond acceptors (Lipinski definition) is 0. The van der Waals surface area contributed by atoms with Crippen LogP contribution >= 0.6 is 0 Å². The first kappa shape index (κ1) is 42.6. The summed E-state index contributed by atoms with van der Waals surface area (Å²) in [5.74, 6) is 0. The van der Waals surface area contributed by atoms with Gasteiger partial charge in [-0.25, -0.2) is 0 Å². The summed E-state index contributed by atoms with van der Waals surface area (Å²) in [5.41, 5.74) is 17.2. The summed E-state index contributed by atoms with van der Waals surface area (Å²) in [6, 6.07) is 69.5. The monoisotopic (exact) mass is 858 g/mol. The van der Waals surface area contributed by atoms with Crippen LogP contribution < -0.4 is 38.2 Å². The Kier molecular flexibility index (Phi) is 10.4. The van der Waals surface area contributed by atoms with Gasteiger partial charge in [-0.15, -0.1) is 10.9 Å². The molecule has 0 aliphatic heterocycles. The maximum absolute atomic E-state index is 7.44. The topological polar surface area (TPSA) is 9.86 Å². The van der Waals surface area contributed by atoms with Crippen LogP contribution in [0.3, 0.4) is 0 Å². The van der Waals surface area contributed by atoms with Crippen LogP contribution in [0.5, 0.6) is 0 Å². The lowest BCUT2D eigenvalue weighted by Gasteiger charge is -2.19. The predicted octanol–water partition coefficient (Wildman–Crippen LogP) is 7.77. The van der Waals surface area contributed by atoms with Gasteiger partial charge in [0.2, 0.25) is 0 Å². The molecule has 0 N–H and O–H groups in total. The lowest BCUT2D eigenvalue weighted by atomic mass is 9.64. The molecule has 0 unspecified atom stereocenters. The number of benzene rings is 10. The molecule has 304 valence electrons. The van der Waals surface area contributed by atoms with Gasteiger partial charge in [-0.1, -0.05) is 185 Å². The van der Waals surface area contributed by atoms with Gasteiger partial charge >= 0.3 is 0 Å². The van der Waals surface area contributed by atoms with Crippen LogP contribution in [0.2, 0.25) is 0 Å². The quantitative estimate of drug-likeness (QED) is 0.145. The zero-order chi connectivity index (χ0) is 47.1. The first-order valence-electron chi connectivity index (χ1n) is 22.8. The largest absolute Gasteiger partial charge is 0.311 e. The summed E-state index contributed by atoms with van der Waals surface area (Å²) < 4.78 is 4.27. The van der Waals surface area contributed by atoms with E-state index in [1.807, 2.05) is 59.2 Å². The standard InChI is InChI=1S/C60H33B7N2/c61-52-48(53(62)57(66)59-50(52)51-54(63)55(64)56(65)58(67)60(51)69(59)43-30-25-38(26-31-43)35-13-6-2-7-14-35)41-27-32-46-45(33-41)49-44(40-15-8-3-9-16-40)17-10-18-47(49)68(46)42-28-23-39(24-29-42)37-21-19-36(20-22-37)34-11-4-1-5-12-34/h1-33H. The molecule has 0 saturated carbocycles. The Balaban J connectivity index is 1.06. The maximum Gasteiger partial charge on any atom is 0.115 e. The van der Waals surface area contributed by atoms with Crippen molar-refractivity contribution >= 4 is 137 Å². The molecule has 12 rings (SSSR count). The fourth-order valence-electron chi connectivity index (χ4n) is 10.3. The smallest absolute Gasteiger partial charge is 0.115 e. The zero-order valence-corrected chi connectivity index (χ0v) is 37.5. The Hall–Kier alpha value is -7.75. The van der Waals surface area contributed by atoms with Gasteiger partial charge in [0.05, 0.1) is 11.0 Å². The highest BCUT2D eigenvalue weighted by Crippen LogP contribution is 2.41. The number of hydrogen-bond donors (Lipinski definition) is 0. The number of rotatable bonds is 7. The third-order valence-electron chi connectivity index (χ3n) is 13.8. The van der Waals surface area contributed by atoms with Crippen molar-refractivity contribution in [2.24, 2.45) is 0 Å². The molecular formula is C60H33B7N2. The third-order valence-corrected chi connectivity index (χ3v) is 13.8. The number of nitrogens with zero attached hydrogens (tertiary/aromatic N) is 2. The van der Waals surface area contributed by atoms with Gasteiger partial charge < -0.3 is 9.13 Å². The van der Waals surface area contributed by atoms with E-state index in [1.54, 1.807) is 0 Å². The molecule has 2 nitrogen and oxygen atoms in total. The van der Waals surface area contributed by atoms with E-state index >= 15 is 0 Å². The molecule has 0 saturated heterocycles. The molecule has 69 heavy (non-hydrogen) atoms. The average Bonchev–Trinajstić information content (AvgIpc) is 3.94. The minimum Gasteiger partial charge on any atom is -0.311 e. The van der Waals surface area contributed by atoms with E-state index in [9.17, 15) is 0 Å². The van der Waals surface area contributed by atoms with E-state index in [4.69, 9.17) is 54.9 Å². The van der Waals surface area contributed by atoms with Crippen LogP contribution in [0.1, 0.15) is 0 Å². The molecule has 2 aromatic heterocycles. The van der Waals surface area contributed by atoms with Crippen molar-refractivity contribution < 1.29 is 0 Å². The summed E-state index contributed by atoms with van der Waals surface area (Å²) in [7, 11) is 48.9. The van der Waals surface area contributed by atoms with Gasteiger partial charge in [0, 0.05) is 38.6 Å². The highest BCUT2D eigenvalue weighted by atomic mass is 15.0. The van der Waals surface area contributed by atoms with E-state index in [2.05, 4.69) is 150 Å². The summed E-state index contributed by atoms with van der Waals surface area (Å²) in [5, 5.41) is 3.23. The molecule has 0 aliphatic carbocycles. The Morgan fingerprint density at radius 1 is 0.261 bits per heavy atom. The molecule has 14 radical (unpaired) electrons. The van der Waals surface area contributed by atoms with Crippen molar-refractivity contribution in [2.45, 2.75) is 0 Å². The van der Waals surface area contributed by atoms with Gasteiger partial charge in [-0.3, -0.25) is 0 Å². The number of aromatic nitrogens is 2. The van der Waals surface area contributed by atoms with E-state index in [1.165, 1.54) is 11.1 Å². The molecule has 12 aromatic rings. The van der Waals surface area contributed by atoms with Crippen molar-refractivity contribution in [3.05, 3.63) is 200 Å². The highest BCUT2D eigenvalue weighted by molar-refractivity contribution is 6.69. The molecule has 0 fully saturated rings. The minimum atomic E-state index is 0.173. The normalized spacial score (nSPS) is 11.6. The van der Waals surface area contributed by atoms with Crippen molar-refractivity contribution in [1.82, 2.24) is 9.13 Å². The first-order chi connectivity index (χ1) is 33.7. The summed E-state index contributed by atoms with van der Waals surface area (Å²) in [6.45, 7) is 0. The fraction of sp³-hybridized carbons (Fsp3) is 0. The maximum atomic E-state index is 7.44. The van der Waals surface area contributed by atoms with Gasteiger partial charge in [-0.05, 0) is 103 Å². The van der Waals surface area contributed by atoms with Gasteiger partial charge in [0.15, 0.2) is 0 Å². The summed E-state index contributed by atoms with van der Waals surface area (Å²) in [4.78, 5) is 0. The highest BCUT2D eigenvalue weighted by Gasteiger charge is 2.25. The van der Waals surface area contributed by atoms with Gasteiger partial charge in [0.25, 0.3) is 0 Å². The van der Waals surface area contributed by atoms with Gasteiger partial charge in [-0.2, -0.15) is 0 Å². The Bertz CT molecular complexity index is 3980. The second-order valence-corrected chi connectivity index (χ2v) is 17.6. The average molecular weight is 858 g/mol. The lowest BCUT2D eigenvalue weighted by molar-refractivity contribution is 1.18. The number of fused-ring (bicyclic) bond motifs is 6. The molecule has 0 aliphatic rings. The Morgan fingerprint density at radius 2 is 0.681 bits per heavy atom. The minimum absolute atomic E-state index is 0.173. The molecule has 0 spiro atoms. The van der Waals surface area contributed by atoms with E-state index in [0.717, 1.165) is 72.1 Å².